The summed E-state index contributed by atoms with van der Waals surface area (Å²) >= 11 is 0. The summed E-state index contributed by atoms with van der Waals surface area (Å²) in [5.74, 6) is 1.46. The number of nitrogens with two attached hydrogens (primary N) is 1. The van der Waals surface area contributed by atoms with E-state index in [0.717, 1.165) is 63.0 Å². The highest BCUT2D eigenvalue weighted by atomic mass is 16.5. The number of rotatable bonds is 13. The van der Waals surface area contributed by atoms with Crippen molar-refractivity contribution in [3.8, 4) is 22.8 Å². The second-order valence-corrected chi connectivity index (χ2v) is 17.3. The van der Waals surface area contributed by atoms with E-state index in [1.165, 1.54) is 5.56 Å². The molecular formula is C48H58N8O6. The fourth-order valence-electron chi connectivity index (χ4n) is 9.66. The van der Waals surface area contributed by atoms with E-state index in [9.17, 15) is 24.3 Å². The van der Waals surface area contributed by atoms with Crippen molar-refractivity contribution >= 4 is 35.1 Å². The Morgan fingerprint density at radius 1 is 0.855 bits per heavy atom. The van der Waals surface area contributed by atoms with Crippen molar-refractivity contribution < 1.29 is 29.0 Å². The molecule has 0 spiro atoms. The summed E-state index contributed by atoms with van der Waals surface area (Å²) in [5, 5.41) is 24.6. The molecule has 4 aliphatic rings. The molecule has 62 heavy (non-hydrogen) atoms. The maximum absolute atomic E-state index is 14.3. The Morgan fingerprint density at radius 2 is 1.56 bits per heavy atom. The number of piperidine rings is 4. The summed E-state index contributed by atoms with van der Waals surface area (Å²) in [6, 6.07) is 26.9. The first-order valence-corrected chi connectivity index (χ1v) is 22.3. The van der Waals surface area contributed by atoms with Crippen molar-refractivity contribution in [1.82, 2.24) is 30.6 Å². The molecule has 1 aromatic heterocycles. The van der Waals surface area contributed by atoms with Gasteiger partial charge in [0.1, 0.15) is 11.5 Å². The lowest BCUT2D eigenvalue weighted by molar-refractivity contribution is -0.139. The molecule has 14 heteroatoms. The first-order valence-electron chi connectivity index (χ1n) is 22.3. The fourth-order valence-corrected chi connectivity index (χ4v) is 9.66. The number of likely N-dealkylation sites (tertiary alicyclic amines) is 2. The van der Waals surface area contributed by atoms with E-state index in [-0.39, 0.29) is 35.8 Å². The lowest BCUT2D eigenvalue weighted by Crippen LogP contribution is -2.53. The van der Waals surface area contributed by atoms with Crippen LogP contribution in [0.15, 0.2) is 84.9 Å². The van der Waals surface area contributed by atoms with Gasteiger partial charge in [0.25, 0.3) is 5.91 Å². The van der Waals surface area contributed by atoms with Gasteiger partial charge < -0.3 is 35.6 Å². The molecule has 0 radical (unpaired) electrons. The first-order chi connectivity index (χ1) is 30.1. The number of para-hydroxylation sites is 1. The number of aromatic hydroxyl groups is 1. The highest BCUT2D eigenvalue weighted by Crippen LogP contribution is 2.40. The molecule has 4 aliphatic heterocycles. The fraction of sp³-hybridized carbons (Fsp3) is 0.458. The first kappa shape index (κ1) is 42.7. The Morgan fingerprint density at radius 3 is 2.27 bits per heavy atom. The summed E-state index contributed by atoms with van der Waals surface area (Å²) < 4.78 is 5.85. The van der Waals surface area contributed by atoms with Gasteiger partial charge in [-0.05, 0) is 118 Å². The number of ether oxygens (including phenoxy) is 1. The highest BCUT2D eigenvalue weighted by Gasteiger charge is 2.43. The normalized spacial score (nSPS) is 20.1. The Labute approximate surface area is 363 Å². The third-order valence-electron chi connectivity index (χ3n) is 13.5. The zero-order chi connectivity index (χ0) is 43.1. The second kappa shape index (κ2) is 19.4. The van der Waals surface area contributed by atoms with E-state index in [1.54, 1.807) is 18.2 Å². The molecule has 0 aliphatic carbocycles. The van der Waals surface area contributed by atoms with Gasteiger partial charge in [-0.25, -0.2) is 0 Å². The molecule has 326 valence electrons. The number of hydrogen-bond donors (Lipinski definition) is 4. The van der Waals surface area contributed by atoms with Crippen LogP contribution in [0, 0.1) is 5.92 Å². The van der Waals surface area contributed by atoms with Crippen molar-refractivity contribution in [2.75, 3.05) is 63.0 Å². The van der Waals surface area contributed by atoms with Crippen LogP contribution >= 0.6 is 0 Å². The minimum atomic E-state index is -0.693. The lowest BCUT2D eigenvalue weighted by atomic mass is 9.71. The lowest BCUT2D eigenvalue weighted by Gasteiger charge is -2.42. The van der Waals surface area contributed by atoms with E-state index in [0.29, 0.717) is 93.1 Å². The number of phenols is 1. The molecule has 8 rings (SSSR count). The molecule has 1 atom stereocenters. The van der Waals surface area contributed by atoms with Crippen LogP contribution in [0.4, 0.5) is 11.5 Å². The van der Waals surface area contributed by atoms with E-state index in [4.69, 9.17) is 10.5 Å². The molecule has 4 aromatic rings. The van der Waals surface area contributed by atoms with E-state index in [1.807, 2.05) is 59.5 Å². The number of phenolic OH excluding ortho intramolecular Hbond substituents is 1. The van der Waals surface area contributed by atoms with Crippen LogP contribution in [0.1, 0.15) is 81.3 Å². The van der Waals surface area contributed by atoms with Gasteiger partial charge in [-0.3, -0.25) is 24.5 Å². The predicted molar refractivity (Wildman–Crippen MR) is 236 cm³/mol. The Bertz CT molecular complexity index is 2200. The summed E-state index contributed by atoms with van der Waals surface area (Å²) in [6.07, 6.45) is 6.46. The summed E-state index contributed by atoms with van der Waals surface area (Å²) in [5.41, 5.74) is 9.77. The number of carbonyl (C=O) groups excluding carboxylic acids is 4. The quantitative estimate of drug-likeness (QED) is 0.130. The maximum atomic E-state index is 14.3. The number of imide groups is 1. The average molecular weight is 843 g/mol. The molecule has 1 unspecified atom stereocenters. The van der Waals surface area contributed by atoms with Crippen molar-refractivity contribution in [1.29, 1.82) is 0 Å². The summed E-state index contributed by atoms with van der Waals surface area (Å²) in [7, 11) is 0. The third kappa shape index (κ3) is 9.86. The van der Waals surface area contributed by atoms with Crippen LogP contribution in [0.2, 0.25) is 0 Å². The zero-order valence-corrected chi connectivity index (χ0v) is 35.3. The second-order valence-electron chi connectivity index (χ2n) is 17.3. The number of nitrogen functional groups attached to an aromatic ring is 1. The molecule has 5 N–H and O–H groups in total. The van der Waals surface area contributed by atoms with Gasteiger partial charge in [-0.15, -0.1) is 10.2 Å². The van der Waals surface area contributed by atoms with Gasteiger partial charge in [0.15, 0.2) is 11.9 Å². The van der Waals surface area contributed by atoms with Gasteiger partial charge in [0.05, 0.1) is 16.8 Å². The SMILES string of the molecule is Nc1nnc(-c2ccccc2O)cc1N1CCC(C(=O)NCC2CCN(C(=O)CCCN3CCC(c4ccc(OC5CCC(=O)NC5=O)cc4)CC3)CC2)(c2ccccc2)CC1. The molecule has 3 aromatic carbocycles. The molecule has 4 amide bonds. The standard InChI is InChI=1S/C48H58N8O6/c49-45-40(31-39(52-53-45)38-9-4-5-10-41(38)57)55-29-22-48(23-30-55,36-7-2-1-3-8-36)47(61)50-32-33-18-27-56(28-19-33)44(59)11-6-24-54-25-20-35(21-26-54)34-12-14-37(15-13-34)62-42-16-17-43(58)51-46(42)60/h1-5,7-10,12-15,31,33,35,42,57H,6,11,16-30,32H2,(H2,49,53)(H,50,61)(H,51,58,60). The van der Waals surface area contributed by atoms with Crippen molar-refractivity contribution in [3.05, 3.63) is 96.1 Å². The predicted octanol–water partition coefficient (Wildman–Crippen LogP) is 5.17. The molecular weight excluding hydrogens is 785 g/mol. The van der Waals surface area contributed by atoms with Crippen LogP contribution in [0.3, 0.4) is 0 Å². The van der Waals surface area contributed by atoms with E-state index in [2.05, 4.69) is 42.8 Å². The van der Waals surface area contributed by atoms with Crippen LogP contribution in [-0.4, -0.2) is 107 Å². The van der Waals surface area contributed by atoms with Gasteiger partial charge >= 0.3 is 0 Å². The Kier molecular flexibility index (Phi) is 13.3. The van der Waals surface area contributed by atoms with Crippen molar-refractivity contribution in [2.45, 2.75) is 81.6 Å². The number of hydrogen-bond acceptors (Lipinski definition) is 11. The van der Waals surface area contributed by atoms with Crippen LogP contribution in [0.25, 0.3) is 11.3 Å². The Hall–Kier alpha value is -6.02. The van der Waals surface area contributed by atoms with Crippen molar-refractivity contribution in [2.24, 2.45) is 5.92 Å². The molecule has 4 fully saturated rings. The van der Waals surface area contributed by atoms with Crippen molar-refractivity contribution in [3.63, 3.8) is 0 Å². The smallest absolute Gasteiger partial charge is 0.267 e. The minimum absolute atomic E-state index is 0.0381. The van der Waals surface area contributed by atoms with Gasteiger partial charge in [0, 0.05) is 57.5 Å². The third-order valence-corrected chi connectivity index (χ3v) is 13.5. The van der Waals surface area contributed by atoms with E-state index < -0.39 is 11.5 Å². The number of benzene rings is 3. The van der Waals surface area contributed by atoms with Gasteiger partial charge in [0.2, 0.25) is 17.7 Å². The number of carbonyl (C=O) groups is 4. The minimum Gasteiger partial charge on any atom is -0.507 e. The zero-order valence-electron chi connectivity index (χ0n) is 35.3. The van der Waals surface area contributed by atoms with Crippen LogP contribution < -0.4 is 26.0 Å². The van der Waals surface area contributed by atoms with Crippen LogP contribution in [-0.2, 0) is 24.6 Å². The molecule has 14 nitrogen and oxygen atoms in total. The monoisotopic (exact) mass is 842 g/mol. The summed E-state index contributed by atoms with van der Waals surface area (Å²) in [6.45, 7) is 6.10. The molecule has 0 saturated carbocycles. The number of anilines is 2. The Balaban J connectivity index is 0.757. The highest BCUT2D eigenvalue weighted by molar-refractivity contribution is 6.00. The van der Waals surface area contributed by atoms with E-state index >= 15 is 0 Å². The van der Waals surface area contributed by atoms with Crippen LogP contribution in [0.5, 0.6) is 11.5 Å². The largest absolute Gasteiger partial charge is 0.507 e. The number of amides is 4. The average Bonchev–Trinajstić information content (AvgIpc) is 3.30. The number of aromatic nitrogens is 2. The summed E-state index contributed by atoms with van der Waals surface area (Å²) in [4.78, 5) is 57.6. The van der Waals surface area contributed by atoms with Gasteiger partial charge in [-0.2, -0.15) is 0 Å². The molecule has 0 bridgehead atoms. The molecule has 4 saturated heterocycles. The number of nitrogens with zero attached hydrogens (tertiary/aromatic N) is 5. The van der Waals surface area contributed by atoms with Gasteiger partial charge in [-0.1, -0.05) is 54.6 Å². The topological polar surface area (TPSA) is 183 Å². The number of nitrogens with one attached hydrogen (secondary N) is 2. The molecule has 5 heterocycles. The maximum Gasteiger partial charge on any atom is 0.267 e.